The second kappa shape index (κ2) is 5.95. The molecule has 2 N–H and O–H groups in total. The number of nitrogens with two attached hydrogens (primary N) is 1. The highest BCUT2D eigenvalue weighted by molar-refractivity contribution is 7.90. The van der Waals surface area contributed by atoms with Crippen molar-refractivity contribution < 1.29 is 17.7 Å². The first-order chi connectivity index (χ1) is 8.97. The number of hydrogen-bond acceptors (Lipinski definition) is 2. The molecule has 0 saturated carbocycles. The summed E-state index contributed by atoms with van der Waals surface area (Å²) in [6, 6.07) is 3.97. The molecule has 20 heavy (non-hydrogen) atoms. The number of benzene rings is 1. The Morgan fingerprint density at radius 1 is 1.30 bits per heavy atom. The fourth-order valence-corrected chi connectivity index (χ4v) is 2.61. The van der Waals surface area contributed by atoms with Crippen LogP contribution in [0, 0.1) is 5.82 Å². The molecule has 2 atom stereocenters. The maximum atomic E-state index is 14.2. The Morgan fingerprint density at radius 2 is 1.85 bits per heavy atom. The average Bonchev–Trinajstić information content (AvgIpc) is 2.26. The summed E-state index contributed by atoms with van der Waals surface area (Å²) in [5.41, 5.74) is -0.420. The van der Waals surface area contributed by atoms with Gasteiger partial charge < -0.3 is 4.55 Å². The minimum absolute atomic E-state index is 0.197. The molecule has 0 aliphatic rings. The van der Waals surface area contributed by atoms with Crippen LogP contribution in [0.1, 0.15) is 51.2 Å². The van der Waals surface area contributed by atoms with Gasteiger partial charge in [0.2, 0.25) is 0 Å². The van der Waals surface area contributed by atoms with Crippen molar-refractivity contribution in [2.24, 2.45) is 5.14 Å². The van der Waals surface area contributed by atoms with Gasteiger partial charge in [0, 0.05) is 24.7 Å². The topological polar surface area (TPSA) is 49.1 Å². The molecule has 0 aromatic heterocycles. The van der Waals surface area contributed by atoms with Crippen LogP contribution < -0.4 is 5.14 Å². The summed E-state index contributed by atoms with van der Waals surface area (Å²) in [4.78, 5) is 0. The lowest BCUT2D eigenvalue weighted by atomic mass is 9.89. The van der Waals surface area contributed by atoms with E-state index < -0.39 is 33.4 Å². The predicted molar refractivity (Wildman–Crippen MR) is 75.4 cm³/mol. The van der Waals surface area contributed by atoms with Gasteiger partial charge >= 0.3 is 0 Å². The molecular weight excluding hydrogens is 287 g/mol. The highest BCUT2D eigenvalue weighted by atomic mass is 32.2. The molecule has 0 spiro atoms. The lowest BCUT2D eigenvalue weighted by Crippen LogP contribution is -2.38. The van der Waals surface area contributed by atoms with Crippen LogP contribution in [-0.2, 0) is 17.3 Å². The Labute approximate surface area is 120 Å². The third kappa shape index (κ3) is 3.90. The molecule has 0 aliphatic heterocycles. The van der Waals surface area contributed by atoms with Crippen LogP contribution in [-0.4, -0.2) is 9.30 Å². The van der Waals surface area contributed by atoms with Gasteiger partial charge in [-0.05, 0) is 25.3 Å². The first-order valence-electron chi connectivity index (χ1n) is 6.30. The molecule has 2 nitrogen and oxygen atoms in total. The molecule has 1 aromatic rings. The van der Waals surface area contributed by atoms with Crippen LogP contribution in [0.3, 0.4) is 0 Å². The zero-order valence-corrected chi connectivity index (χ0v) is 12.9. The molecule has 0 amide bonds. The Bertz CT molecular complexity index is 472. The second-order valence-electron chi connectivity index (χ2n) is 5.76. The normalized spacial score (nSPS) is 16.1. The van der Waals surface area contributed by atoms with E-state index in [4.69, 9.17) is 5.14 Å². The van der Waals surface area contributed by atoms with Crippen LogP contribution in [0.2, 0.25) is 0 Å². The van der Waals surface area contributed by atoms with Crippen molar-refractivity contribution in [3.63, 3.8) is 0 Å². The lowest BCUT2D eigenvalue weighted by Gasteiger charge is -2.28. The van der Waals surface area contributed by atoms with Gasteiger partial charge in [0.15, 0.2) is 0 Å². The molecule has 0 aliphatic carbocycles. The van der Waals surface area contributed by atoms with E-state index in [1.807, 2.05) is 0 Å². The van der Waals surface area contributed by atoms with Gasteiger partial charge in [0.1, 0.15) is 10.6 Å². The molecule has 114 valence electrons. The zero-order valence-electron chi connectivity index (χ0n) is 12.0. The van der Waals surface area contributed by atoms with E-state index in [-0.39, 0.29) is 11.5 Å². The molecular formula is C14H20F3NOS. The van der Waals surface area contributed by atoms with E-state index in [9.17, 15) is 17.7 Å². The Kier molecular flexibility index (Phi) is 5.16. The third-order valence-electron chi connectivity index (χ3n) is 3.37. The van der Waals surface area contributed by atoms with Gasteiger partial charge in [0.25, 0.3) is 5.92 Å². The van der Waals surface area contributed by atoms with Gasteiger partial charge in [0.05, 0.1) is 5.56 Å². The molecule has 0 bridgehead atoms. The van der Waals surface area contributed by atoms with Gasteiger partial charge in [-0.15, -0.1) is 0 Å². The number of alkyl halides is 2. The maximum Gasteiger partial charge on any atom is 0.273 e. The predicted octanol–water partition coefficient (Wildman–Crippen LogP) is 3.83. The monoisotopic (exact) mass is 307 g/mol. The van der Waals surface area contributed by atoms with Crippen molar-refractivity contribution in [1.29, 1.82) is 0 Å². The van der Waals surface area contributed by atoms with Gasteiger partial charge in [-0.1, -0.05) is 25.1 Å². The molecule has 1 aromatic carbocycles. The van der Waals surface area contributed by atoms with Crippen molar-refractivity contribution in [2.45, 2.75) is 50.7 Å². The van der Waals surface area contributed by atoms with Crippen molar-refractivity contribution in [3.05, 3.63) is 35.1 Å². The van der Waals surface area contributed by atoms with E-state index in [1.165, 1.54) is 12.1 Å². The Hall–Kier alpha value is -0.720. The maximum absolute atomic E-state index is 14.2. The number of halogens is 3. The zero-order chi connectivity index (χ0) is 15.7. The SMILES string of the molecule is CC(CC(C)(C)[S+](N)[O-])c1cccc(C(C)(F)F)c1F. The first-order valence-corrected chi connectivity index (χ1v) is 7.51. The molecule has 6 heteroatoms. The number of rotatable bonds is 5. The third-order valence-corrected chi connectivity index (χ3v) is 4.63. The quantitative estimate of drug-likeness (QED) is 0.840. The summed E-state index contributed by atoms with van der Waals surface area (Å²) in [5, 5.41) is 5.39. The highest BCUT2D eigenvalue weighted by Crippen LogP contribution is 2.36. The van der Waals surface area contributed by atoms with E-state index in [0.29, 0.717) is 13.3 Å². The van der Waals surface area contributed by atoms with Crippen molar-refractivity contribution in [1.82, 2.24) is 0 Å². The fraction of sp³-hybridized carbons (Fsp3) is 0.571. The summed E-state index contributed by atoms with van der Waals surface area (Å²) in [5.74, 6) is -4.49. The smallest absolute Gasteiger partial charge is 0.273 e. The number of hydrogen-bond donors (Lipinski definition) is 1. The standard InChI is InChI=1S/C14H20F3NOS/c1-9(8-13(2,3)20(18)19)10-6-5-7-11(12(10)15)14(4,16)17/h5-7,9H,8,18H2,1-4H3. The van der Waals surface area contributed by atoms with Crippen molar-refractivity contribution in [3.8, 4) is 0 Å². The molecule has 0 heterocycles. The molecule has 2 unspecified atom stereocenters. The van der Waals surface area contributed by atoms with Crippen LogP contribution in [0.25, 0.3) is 0 Å². The van der Waals surface area contributed by atoms with Gasteiger partial charge in [-0.25, -0.2) is 13.2 Å². The minimum atomic E-state index is -3.23. The van der Waals surface area contributed by atoms with E-state index in [0.717, 1.165) is 6.07 Å². The fourth-order valence-electron chi connectivity index (χ4n) is 2.20. The van der Waals surface area contributed by atoms with Crippen LogP contribution in [0.4, 0.5) is 13.2 Å². The Balaban J connectivity index is 3.09. The van der Waals surface area contributed by atoms with Crippen LogP contribution in [0.15, 0.2) is 18.2 Å². The van der Waals surface area contributed by atoms with Gasteiger partial charge in [-0.2, -0.15) is 5.14 Å². The van der Waals surface area contributed by atoms with Gasteiger partial charge in [-0.3, -0.25) is 0 Å². The minimum Gasteiger partial charge on any atom is -0.598 e. The van der Waals surface area contributed by atoms with Crippen LogP contribution >= 0.6 is 0 Å². The first kappa shape index (κ1) is 17.3. The lowest BCUT2D eigenvalue weighted by molar-refractivity contribution is 0.0135. The summed E-state index contributed by atoms with van der Waals surface area (Å²) < 4.78 is 51.5. The van der Waals surface area contributed by atoms with E-state index in [1.54, 1.807) is 20.8 Å². The summed E-state index contributed by atoms with van der Waals surface area (Å²) in [6.45, 7) is 5.79. The molecule has 0 fully saturated rings. The van der Waals surface area contributed by atoms with Crippen molar-refractivity contribution in [2.75, 3.05) is 0 Å². The molecule has 1 rings (SSSR count). The van der Waals surface area contributed by atoms with Crippen molar-refractivity contribution >= 4 is 11.4 Å². The summed E-state index contributed by atoms with van der Waals surface area (Å²) in [6.07, 6.45) is 0.339. The van der Waals surface area contributed by atoms with E-state index in [2.05, 4.69) is 0 Å². The highest BCUT2D eigenvalue weighted by Gasteiger charge is 2.35. The summed E-state index contributed by atoms with van der Waals surface area (Å²) in [7, 11) is 0. The summed E-state index contributed by atoms with van der Waals surface area (Å²) >= 11 is -1.57. The average molecular weight is 307 g/mol. The molecule has 0 radical (unpaired) electrons. The Morgan fingerprint density at radius 3 is 2.30 bits per heavy atom. The van der Waals surface area contributed by atoms with Crippen LogP contribution in [0.5, 0.6) is 0 Å². The molecule has 0 saturated heterocycles. The largest absolute Gasteiger partial charge is 0.598 e. The van der Waals surface area contributed by atoms with E-state index >= 15 is 0 Å². The second-order valence-corrected chi connectivity index (χ2v) is 7.46.